The molecule has 0 unspecified atom stereocenters. The number of nitriles is 1. The third-order valence-corrected chi connectivity index (χ3v) is 5.53. The molecule has 0 radical (unpaired) electrons. The molecule has 3 aromatic rings. The first kappa shape index (κ1) is 21.7. The molecular weight excluding hydrogens is 420 g/mol. The number of H-pyrrole nitrogens is 2. The van der Waals surface area contributed by atoms with E-state index >= 15 is 0 Å². The lowest BCUT2D eigenvalue weighted by molar-refractivity contribution is 0.0531. The molecule has 1 aromatic carbocycles. The van der Waals surface area contributed by atoms with Crippen molar-refractivity contribution in [3.63, 3.8) is 0 Å². The third-order valence-electron chi connectivity index (χ3n) is 4.37. The Hall–Kier alpha value is -3.97. The van der Waals surface area contributed by atoms with Gasteiger partial charge in [-0.3, -0.25) is 14.8 Å². The largest absolute Gasteiger partial charge is 0.494 e. The van der Waals surface area contributed by atoms with Gasteiger partial charge >= 0.3 is 11.7 Å². The Morgan fingerprint density at radius 2 is 2.03 bits per heavy atom. The number of aromatic amines is 2. The fourth-order valence-electron chi connectivity index (χ4n) is 2.95. The van der Waals surface area contributed by atoms with E-state index in [2.05, 4.69) is 15.0 Å². The first-order chi connectivity index (χ1) is 14.8. The number of hydrogen-bond donors (Lipinski definition) is 3. The Labute approximate surface area is 180 Å². The van der Waals surface area contributed by atoms with Gasteiger partial charge in [0.2, 0.25) is 5.88 Å². The molecule has 2 aromatic heterocycles. The molecule has 0 bridgehead atoms. The van der Waals surface area contributed by atoms with Crippen LogP contribution in [0.2, 0.25) is 0 Å². The summed E-state index contributed by atoms with van der Waals surface area (Å²) < 4.78 is 5.04. The summed E-state index contributed by atoms with van der Waals surface area (Å²) in [5.41, 5.74) is -0.0553. The molecule has 9 nitrogen and oxygen atoms in total. The molecule has 31 heavy (non-hydrogen) atoms. The molecule has 0 fully saturated rings. The summed E-state index contributed by atoms with van der Waals surface area (Å²) >= 11 is 0.945. The van der Waals surface area contributed by atoms with Crippen molar-refractivity contribution < 1.29 is 14.6 Å². The van der Waals surface area contributed by atoms with E-state index in [0.29, 0.717) is 11.1 Å². The van der Waals surface area contributed by atoms with Crippen molar-refractivity contribution in [2.75, 3.05) is 6.61 Å². The molecule has 0 amide bonds. The van der Waals surface area contributed by atoms with Crippen molar-refractivity contribution >= 4 is 28.0 Å². The number of carbonyl (C=O) groups is 1. The van der Waals surface area contributed by atoms with Gasteiger partial charge in [-0.25, -0.2) is 14.6 Å². The van der Waals surface area contributed by atoms with Gasteiger partial charge in [-0.2, -0.15) is 5.26 Å². The van der Waals surface area contributed by atoms with Crippen molar-refractivity contribution in [3.05, 3.63) is 77.8 Å². The van der Waals surface area contributed by atoms with Gasteiger partial charge in [0.1, 0.15) is 21.5 Å². The Kier molecular flexibility index (Phi) is 6.17. The number of benzene rings is 1. The molecule has 0 saturated heterocycles. The average Bonchev–Trinajstić information content (AvgIpc) is 3.02. The van der Waals surface area contributed by atoms with Crippen molar-refractivity contribution in [2.45, 2.75) is 20.8 Å². The van der Waals surface area contributed by atoms with Crippen molar-refractivity contribution in [1.29, 1.82) is 5.26 Å². The SMILES string of the molecule is CCOC(=O)c1sc(/N=C(\c2cccc(C)c2)c2c(O)[nH]c(=O)[nH]c2=O)c(C#N)c1C. The Bertz CT molecular complexity index is 1360. The molecule has 158 valence electrons. The summed E-state index contributed by atoms with van der Waals surface area (Å²) in [6.45, 7) is 5.29. The van der Waals surface area contributed by atoms with Gasteiger partial charge in [0.05, 0.1) is 17.9 Å². The average molecular weight is 438 g/mol. The molecule has 3 rings (SSSR count). The van der Waals surface area contributed by atoms with E-state index in [-0.39, 0.29) is 33.3 Å². The van der Waals surface area contributed by atoms with Crippen LogP contribution >= 0.6 is 11.3 Å². The zero-order chi connectivity index (χ0) is 22.7. The van der Waals surface area contributed by atoms with Gasteiger partial charge in [0.25, 0.3) is 5.56 Å². The van der Waals surface area contributed by atoms with Crippen molar-refractivity contribution in [2.24, 2.45) is 4.99 Å². The summed E-state index contributed by atoms with van der Waals surface area (Å²) in [4.78, 5) is 45.2. The van der Waals surface area contributed by atoms with Crippen LogP contribution in [0.25, 0.3) is 0 Å². The first-order valence-corrected chi connectivity index (χ1v) is 10.0. The minimum absolute atomic E-state index is 0.0341. The van der Waals surface area contributed by atoms with E-state index in [9.17, 15) is 24.8 Å². The summed E-state index contributed by atoms with van der Waals surface area (Å²) in [5, 5.41) is 20.1. The van der Waals surface area contributed by atoms with Crippen LogP contribution in [0.3, 0.4) is 0 Å². The lowest BCUT2D eigenvalue weighted by Crippen LogP contribution is -2.28. The number of rotatable bonds is 5. The number of aryl methyl sites for hydroxylation is 1. The van der Waals surface area contributed by atoms with Gasteiger partial charge in [-0.15, -0.1) is 11.3 Å². The standard InChI is InChI=1S/C21H18N4O5S/c1-4-30-20(28)16-11(3)13(9-22)19(31-16)23-15(12-7-5-6-10(2)8-12)14-17(26)24-21(29)25-18(14)27/h5-8H,4H2,1-3H3,(H3,24,25,26,27,29)/b23-15+. The lowest BCUT2D eigenvalue weighted by atomic mass is 10.0. The highest BCUT2D eigenvalue weighted by atomic mass is 32.1. The maximum Gasteiger partial charge on any atom is 0.348 e. The van der Waals surface area contributed by atoms with Crippen LogP contribution < -0.4 is 11.2 Å². The number of esters is 1. The summed E-state index contributed by atoms with van der Waals surface area (Å²) in [6.07, 6.45) is 0. The minimum atomic E-state index is -0.871. The summed E-state index contributed by atoms with van der Waals surface area (Å²) in [5.74, 6) is -1.24. The van der Waals surface area contributed by atoms with E-state index in [1.54, 1.807) is 32.0 Å². The molecule has 2 heterocycles. The molecule has 10 heteroatoms. The molecule has 0 aliphatic rings. The second-order valence-corrected chi connectivity index (χ2v) is 7.53. The number of aromatic hydroxyl groups is 1. The van der Waals surface area contributed by atoms with Gasteiger partial charge in [0, 0.05) is 5.56 Å². The van der Waals surface area contributed by atoms with Crippen LogP contribution in [0.4, 0.5) is 5.00 Å². The topological polar surface area (TPSA) is 148 Å². The predicted molar refractivity (Wildman–Crippen MR) is 116 cm³/mol. The van der Waals surface area contributed by atoms with E-state index in [1.165, 1.54) is 0 Å². The smallest absolute Gasteiger partial charge is 0.348 e. The van der Waals surface area contributed by atoms with E-state index in [0.717, 1.165) is 16.9 Å². The van der Waals surface area contributed by atoms with E-state index in [1.807, 2.05) is 19.1 Å². The highest BCUT2D eigenvalue weighted by Gasteiger charge is 2.24. The van der Waals surface area contributed by atoms with Crippen LogP contribution in [0.5, 0.6) is 5.88 Å². The number of hydrogen-bond acceptors (Lipinski definition) is 8. The van der Waals surface area contributed by atoms with Gasteiger partial charge in [0.15, 0.2) is 0 Å². The van der Waals surface area contributed by atoms with Crippen LogP contribution in [0.1, 0.15) is 44.4 Å². The van der Waals surface area contributed by atoms with Gasteiger partial charge in [-0.05, 0) is 32.4 Å². The molecule has 0 atom stereocenters. The zero-order valence-electron chi connectivity index (χ0n) is 16.9. The highest BCUT2D eigenvalue weighted by Crippen LogP contribution is 2.36. The molecule has 0 aliphatic carbocycles. The molecule has 0 spiro atoms. The maximum atomic E-state index is 12.5. The summed E-state index contributed by atoms with van der Waals surface area (Å²) in [6, 6.07) is 9.02. The Morgan fingerprint density at radius 1 is 1.29 bits per heavy atom. The lowest BCUT2D eigenvalue weighted by Gasteiger charge is -2.08. The Morgan fingerprint density at radius 3 is 2.65 bits per heavy atom. The number of nitrogens with one attached hydrogen (secondary N) is 2. The normalized spacial score (nSPS) is 11.2. The number of thiophene rings is 1. The van der Waals surface area contributed by atoms with E-state index in [4.69, 9.17) is 4.74 Å². The highest BCUT2D eigenvalue weighted by molar-refractivity contribution is 7.18. The predicted octanol–water partition coefficient (Wildman–Crippen LogP) is 2.66. The fourth-order valence-corrected chi connectivity index (χ4v) is 3.98. The Balaban J connectivity index is 2.34. The van der Waals surface area contributed by atoms with Crippen molar-refractivity contribution in [3.8, 4) is 11.9 Å². The van der Waals surface area contributed by atoms with Crippen LogP contribution in [0, 0.1) is 25.2 Å². The second kappa shape index (κ2) is 8.81. The van der Waals surface area contributed by atoms with E-state index < -0.39 is 23.1 Å². The number of carbonyl (C=O) groups excluding carboxylic acids is 1. The molecule has 0 aliphatic heterocycles. The minimum Gasteiger partial charge on any atom is -0.494 e. The quantitative estimate of drug-likeness (QED) is 0.412. The van der Waals surface area contributed by atoms with Gasteiger partial charge in [-0.1, -0.05) is 23.8 Å². The van der Waals surface area contributed by atoms with Crippen LogP contribution in [-0.2, 0) is 4.74 Å². The summed E-state index contributed by atoms with van der Waals surface area (Å²) in [7, 11) is 0. The molecular formula is C21H18N4O5S. The third kappa shape index (κ3) is 4.31. The number of ether oxygens (including phenoxy) is 1. The van der Waals surface area contributed by atoms with Crippen molar-refractivity contribution in [1.82, 2.24) is 9.97 Å². The van der Waals surface area contributed by atoms with Gasteiger partial charge < -0.3 is 9.84 Å². The first-order valence-electron chi connectivity index (χ1n) is 9.19. The second-order valence-electron chi connectivity index (χ2n) is 6.53. The zero-order valence-corrected chi connectivity index (χ0v) is 17.7. The molecule has 3 N–H and O–H groups in total. The number of aliphatic imine (C=N–C) groups is 1. The number of aromatic nitrogens is 2. The monoisotopic (exact) mass is 438 g/mol. The fraction of sp³-hybridized carbons (Fsp3) is 0.190. The van der Waals surface area contributed by atoms with Crippen LogP contribution in [-0.4, -0.2) is 33.4 Å². The molecule has 0 saturated carbocycles. The van der Waals surface area contributed by atoms with Crippen LogP contribution in [0.15, 0.2) is 38.8 Å². The maximum absolute atomic E-state index is 12.5. The number of nitrogens with zero attached hydrogens (tertiary/aromatic N) is 2.